The number of fused-ring (bicyclic) bond motifs is 2. The van der Waals surface area contributed by atoms with Gasteiger partial charge in [0, 0.05) is 23.3 Å². The first kappa shape index (κ1) is 51.6. The van der Waals surface area contributed by atoms with Crippen LogP contribution < -0.4 is 10.6 Å². The summed E-state index contributed by atoms with van der Waals surface area (Å²) < 4.78 is 133. The molecule has 55 heavy (non-hydrogen) atoms. The number of nitro benzene ring substituents is 1. The van der Waals surface area contributed by atoms with E-state index < -0.39 is 105 Å². The van der Waals surface area contributed by atoms with Crippen molar-refractivity contribution in [3.63, 3.8) is 0 Å². The summed E-state index contributed by atoms with van der Waals surface area (Å²) in [5, 5.41) is 16.0. The van der Waals surface area contributed by atoms with Gasteiger partial charge in [-0.1, -0.05) is 12.1 Å². The molecule has 5 rings (SSSR count). The Morgan fingerprint density at radius 2 is 0.836 bits per heavy atom. The van der Waals surface area contributed by atoms with Crippen LogP contribution in [0, 0.1) is 10.1 Å². The minimum atomic E-state index is -5.13. The van der Waals surface area contributed by atoms with Gasteiger partial charge in [-0.25, -0.2) is 0 Å². The van der Waals surface area contributed by atoms with Crippen molar-refractivity contribution in [3.05, 3.63) is 100 Å². The summed E-state index contributed by atoms with van der Waals surface area (Å²) in [7, 11) is -19.7. The van der Waals surface area contributed by atoms with Crippen molar-refractivity contribution in [2.75, 3.05) is 10.6 Å². The van der Waals surface area contributed by atoms with Crippen LogP contribution in [-0.2, 0) is 40.5 Å². The van der Waals surface area contributed by atoms with Crippen LogP contribution in [0.2, 0.25) is 0 Å². The molecule has 19 nitrogen and oxygen atoms in total. The van der Waals surface area contributed by atoms with Gasteiger partial charge in [0.1, 0.15) is 9.79 Å². The molecule has 0 unspecified atom stereocenters. The molecular weight excluding hydrogens is 855 g/mol. The first-order valence-electron chi connectivity index (χ1n) is 13.4. The van der Waals surface area contributed by atoms with Gasteiger partial charge in [0.15, 0.2) is 0 Å². The summed E-state index contributed by atoms with van der Waals surface area (Å²) >= 11 is 0. The van der Waals surface area contributed by atoms with Crippen LogP contribution in [-0.4, -0.2) is 187 Å². The average Bonchev–Trinajstić information content (AvgIpc) is 3.01. The average molecular weight is 878 g/mol. The number of nitrogens with one attached hydrogen (secondary N) is 2. The molecule has 0 radical (unpaired) electrons. The summed E-state index contributed by atoms with van der Waals surface area (Å²) in [6.07, 6.45) is 0. The van der Waals surface area contributed by atoms with E-state index in [2.05, 4.69) is 10.6 Å². The molecule has 0 aliphatic carbocycles. The van der Waals surface area contributed by atoms with Crippen molar-refractivity contribution >= 4 is 209 Å². The van der Waals surface area contributed by atoms with E-state index in [4.69, 9.17) is 0 Å². The van der Waals surface area contributed by atoms with Gasteiger partial charge in [0.2, 0.25) is 0 Å². The molecule has 0 aliphatic rings. The summed E-state index contributed by atoms with van der Waals surface area (Å²) in [6.45, 7) is 0. The first-order valence-corrected chi connectivity index (χ1v) is 19.2. The number of carbonyl (C=O) groups is 2. The van der Waals surface area contributed by atoms with E-state index in [0.717, 1.165) is 66.7 Å². The van der Waals surface area contributed by atoms with Crippen LogP contribution in [0.25, 0.3) is 21.5 Å². The van der Waals surface area contributed by atoms with Gasteiger partial charge >= 0.3 is 118 Å². The fourth-order valence-electron chi connectivity index (χ4n) is 4.82. The molecule has 0 heterocycles. The van der Waals surface area contributed by atoms with E-state index in [1.165, 1.54) is 0 Å². The van der Waals surface area contributed by atoms with Crippen LogP contribution >= 0.6 is 0 Å². The fourth-order valence-corrected chi connectivity index (χ4v) is 7.18. The molecule has 2 amide bonds. The number of non-ortho nitro benzene ring substituents is 1. The molecule has 5 aromatic carbocycles. The normalized spacial score (nSPS) is 11.6. The third-order valence-electron chi connectivity index (χ3n) is 7.12. The molecule has 0 saturated heterocycles. The van der Waals surface area contributed by atoms with Crippen molar-refractivity contribution in [2.45, 2.75) is 19.6 Å². The summed E-state index contributed by atoms with van der Waals surface area (Å²) in [5.74, 6) is -2.52. The number of benzene rings is 5. The number of nitrogens with zero attached hydrogens (tertiary/aromatic N) is 1. The molecule has 0 bridgehead atoms. The monoisotopic (exact) mass is 877 g/mol. The standard InChI is InChI=1S/C28H19N3O16S4.4Na.4H/c32-27(29-23-10-14-1-3-21(48(36,37)38)8-16(14)12-25(23)50(42,43)44)18-5-19(7-20(6-18)31(34)35)28(33)30-24-11-15-2-4-22(49(39,40)41)9-17(15)13-26(24)51(45,46)47;;;;;;;;/h1-13H,(H,29,32)(H,30,33)(H,36,37,38)(H,39,40,41)(H,42,43,44)(H,45,46,47);;;;;;;;. The third kappa shape index (κ3) is 12.3. The predicted octanol–water partition coefficient (Wildman–Crippen LogP) is 0.799. The van der Waals surface area contributed by atoms with Crippen molar-refractivity contribution in [1.29, 1.82) is 0 Å². The molecule has 5 aromatic rings. The van der Waals surface area contributed by atoms with Crippen molar-refractivity contribution < 1.29 is 66.4 Å². The second-order valence-corrected chi connectivity index (χ2v) is 16.2. The SMILES string of the molecule is O=C(Nc1cc2ccc(S(=O)(=O)O)cc2cc1S(=O)(=O)O)c1cc(C(=O)Nc2cc3ccc(S(=O)(=O)O)cc3cc2S(=O)(=O)O)cc([N+](=O)[O-])c1.[NaH].[NaH].[NaH].[NaH]. The van der Waals surface area contributed by atoms with Gasteiger partial charge in [-0.3, -0.25) is 37.9 Å². The Hall–Kier alpha value is -1.40. The molecule has 27 heteroatoms. The topological polar surface area (TPSA) is 319 Å². The third-order valence-corrected chi connectivity index (χ3v) is 10.6. The molecule has 0 spiro atoms. The Balaban J connectivity index is 0.00000378. The quantitative estimate of drug-likeness (QED) is 0.0516. The molecule has 0 fully saturated rings. The van der Waals surface area contributed by atoms with Gasteiger partial charge in [-0.15, -0.1) is 0 Å². The Morgan fingerprint density at radius 1 is 0.491 bits per heavy atom. The Bertz CT molecular complexity index is 2660. The number of hydrogen-bond donors (Lipinski definition) is 6. The van der Waals surface area contributed by atoms with Crippen molar-refractivity contribution in [3.8, 4) is 0 Å². The number of carbonyl (C=O) groups excluding carboxylic acids is 2. The Morgan fingerprint density at radius 3 is 1.13 bits per heavy atom. The minimum absolute atomic E-state index is 0. The fraction of sp³-hybridized carbons (Fsp3) is 0. The summed E-state index contributed by atoms with van der Waals surface area (Å²) in [5.41, 5.74) is -3.26. The van der Waals surface area contributed by atoms with E-state index in [1.54, 1.807) is 0 Å². The zero-order valence-electron chi connectivity index (χ0n) is 24.8. The van der Waals surface area contributed by atoms with Gasteiger partial charge in [-0.2, -0.15) is 33.7 Å². The Kier molecular flexibility index (Phi) is 17.9. The number of amides is 2. The second kappa shape index (κ2) is 19.1. The van der Waals surface area contributed by atoms with E-state index in [1.807, 2.05) is 0 Å². The predicted molar refractivity (Wildman–Crippen MR) is 205 cm³/mol. The molecule has 0 aliphatic heterocycles. The number of nitro groups is 1. The first-order chi connectivity index (χ1) is 23.4. The van der Waals surface area contributed by atoms with Crippen molar-refractivity contribution in [1.82, 2.24) is 0 Å². The van der Waals surface area contributed by atoms with E-state index >= 15 is 0 Å². The van der Waals surface area contributed by atoms with E-state index in [0.29, 0.717) is 12.1 Å². The molecular formula is C28H23N3Na4O16S4. The van der Waals surface area contributed by atoms with Crippen LogP contribution in [0.5, 0.6) is 0 Å². The number of hydrogen-bond acceptors (Lipinski definition) is 12. The molecule has 0 saturated carbocycles. The van der Waals surface area contributed by atoms with Gasteiger partial charge in [0.25, 0.3) is 58.0 Å². The van der Waals surface area contributed by atoms with Gasteiger partial charge in [0.05, 0.1) is 26.1 Å². The summed E-state index contributed by atoms with van der Waals surface area (Å²) in [4.78, 5) is 34.3. The van der Waals surface area contributed by atoms with Crippen LogP contribution in [0.15, 0.2) is 98.4 Å². The second-order valence-electron chi connectivity index (χ2n) is 10.5. The van der Waals surface area contributed by atoms with E-state index in [-0.39, 0.29) is 140 Å². The van der Waals surface area contributed by atoms with Crippen molar-refractivity contribution in [2.24, 2.45) is 0 Å². The zero-order chi connectivity index (χ0) is 37.8. The molecule has 0 aromatic heterocycles. The van der Waals surface area contributed by atoms with Gasteiger partial charge in [-0.05, 0) is 76.1 Å². The van der Waals surface area contributed by atoms with Gasteiger partial charge < -0.3 is 10.6 Å². The maximum absolute atomic E-state index is 13.3. The molecule has 6 N–H and O–H groups in total. The summed E-state index contributed by atoms with van der Waals surface area (Å²) in [6, 6.07) is 11.7. The van der Waals surface area contributed by atoms with Crippen LogP contribution in [0.1, 0.15) is 20.7 Å². The molecule has 274 valence electrons. The number of anilines is 2. The zero-order valence-corrected chi connectivity index (χ0v) is 28.0. The van der Waals surface area contributed by atoms with E-state index in [9.17, 15) is 71.6 Å². The van der Waals surface area contributed by atoms with Crippen LogP contribution in [0.4, 0.5) is 17.1 Å². The Labute approximate surface area is 400 Å². The number of rotatable bonds is 9. The maximum atomic E-state index is 13.3. The molecule has 0 atom stereocenters. The van der Waals surface area contributed by atoms with Crippen LogP contribution in [0.3, 0.4) is 0 Å².